The molecule has 8 rings (SSSR count). The number of aromatic nitrogens is 2. The minimum Gasteiger partial charge on any atom is -0.349 e. The average molecular weight is 743 g/mol. The number of hydrogen-bond donors (Lipinski definition) is 4. The van der Waals surface area contributed by atoms with Gasteiger partial charge in [0.1, 0.15) is 10.7 Å². The van der Waals surface area contributed by atoms with E-state index in [-0.39, 0.29) is 66.4 Å². The van der Waals surface area contributed by atoms with Crippen LogP contribution in [-0.2, 0) is 38.6 Å². The van der Waals surface area contributed by atoms with E-state index in [0.717, 1.165) is 89.6 Å². The zero-order chi connectivity index (χ0) is 36.2. The molecule has 4 amide bonds. The van der Waals surface area contributed by atoms with Crippen molar-refractivity contribution in [3.8, 4) is 0 Å². The van der Waals surface area contributed by atoms with Crippen LogP contribution in [-0.4, -0.2) is 80.5 Å². The summed E-state index contributed by atoms with van der Waals surface area (Å²) in [7, 11) is 0. The van der Waals surface area contributed by atoms with Crippen LogP contribution in [0.1, 0.15) is 104 Å². The highest BCUT2D eigenvalue weighted by Crippen LogP contribution is 2.50. The second kappa shape index (κ2) is 13.6. The van der Waals surface area contributed by atoms with Crippen molar-refractivity contribution in [3.63, 3.8) is 0 Å². The minimum absolute atomic E-state index is 0.0597. The summed E-state index contributed by atoms with van der Waals surface area (Å²) >= 11 is 2.87. The fourth-order valence-corrected chi connectivity index (χ4v) is 9.35. The summed E-state index contributed by atoms with van der Waals surface area (Å²) in [5.41, 5.74) is 4.90. The molecule has 4 aliphatic heterocycles. The van der Waals surface area contributed by atoms with Crippen LogP contribution in [0, 0.1) is 0 Å². The molecule has 2 aromatic rings. The summed E-state index contributed by atoms with van der Waals surface area (Å²) in [6.07, 6.45) is 8.11. The summed E-state index contributed by atoms with van der Waals surface area (Å²) in [6.45, 7) is 4.21. The zero-order valence-electron chi connectivity index (χ0n) is 29.4. The van der Waals surface area contributed by atoms with Gasteiger partial charge >= 0.3 is 0 Å². The SMILES string of the molecule is C[C@H]1CCC(C2=C(CC(=O)NCC(=O)c3csc(CCc4csc(CNC(=O)CC5=C(C6=N[C@@H](C)CC6)C(=O)NC56CC6)n4)n3)C3(CC3)NC2=O)=N1. The molecule has 0 saturated heterocycles. The Bertz CT molecular complexity index is 2010. The highest BCUT2D eigenvalue weighted by Gasteiger charge is 2.56. The van der Waals surface area contributed by atoms with E-state index in [4.69, 9.17) is 0 Å². The van der Waals surface area contributed by atoms with Crippen molar-refractivity contribution in [3.05, 3.63) is 54.5 Å². The highest BCUT2D eigenvalue weighted by atomic mass is 32.1. The van der Waals surface area contributed by atoms with Crippen molar-refractivity contribution in [2.45, 2.75) is 121 Å². The first kappa shape index (κ1) is 34.7. The van der Waals surface area contributed by atoms with E-state index in [9.17, 15) is 24.0 Å². The summed E-state index contributed by atoms with van der Waals surface area (Å²) in [5, 5.41) is 17.2. The molecule has 2 atom stereocenters. The molecule has 2 saturated carbocycles. The van der Waals surface area contributed by atoms with Crippen molar-refractivity contribution in [2.75, 3.05) is 6.54 Å². The van der Waals surface area contributed by atoms with Crippen LogP contribution in [0.25, 0.3) is 0 Å². The lowest BCUT2D eigenvalue weighted by Crippen LogP contribution is -2.34. The molecule has 2 spiro atoms. The fourth-order valence-electron chi connectivity index (χ4n) is 7.78. The van der Waals surface area contributed by atoms with Crippen LogP contribution in [0.2, 0.25) is 0 Å². The van der Waals surface area contributed by atoms with Crippen LogP contribution in [0.4, 0.5) is 0 Å². The molecular formula is C37H42N8O5S2. The normalized spacial score (nSPS) is 23.7. The van der Waals surface area contributed by atoms with E-state index in [1.807, 2.05) is 19.2 Å². The Hall–Kier alpha value is -4.37. The van der Waals surface area contributed by atoms with Gasteiger partial charge in [0.25, 0.3) is 11.8 Å². The molecule has 2 aromatic heterocycles. The second-order valence-electron chi connectivity index (χ2n) is 14.9. The number of amides is 4. The monoisotopic (exact) mass is 742 g/mol. The average Bonchev–Trinajstić information content (AvgIpc) is 3.55. The number of Topliss-reactive ketones (excluding diaryl/α,β-unsaturated/α-hetero) is 1. The largest absolute Gasteiger partial charge is 0.349 e. The molecule has 15 heteroatoms. The lowest BCUT2D eigenvalue weighted by Gasteiger charge is -2.13. The van der Waals surface area contributed by atoms with E-state index in [1.54, 1.807) is 5.38 Å². The van der Waals surface area contributed by atoms with Gasteiger partial charge in [-0.2, -0.15) is 0 Å². The molecule has 6 aliphatic rings. The number of carbonyl (C=O) groups excluding carboxylic acids is 5. The van der Waals surface area contributed by atoms with Gasteiger partial charge in [-0.3, -0.25) is 34.0 Å². The number of aliphatic imine (C=N–C) groups is 2. The first-order chi connectivity index (χ1) is 25.0. The van der Waals surface area contributed by atoms with Gasteiger partial charge in [0, 0.05) is 40.7 Å². The van der Waals surface area contributed by atoms with Crippen molar-refractivity contribution in [2.24, 2.45) is 9.98 Å². The van der Waals surface area contributed by atoms with Gasteiger partial charge in [-0.1, -0.05) is 0 Å². The van der Waals surface area contributed by atoms with Gasteiger partial charge in [0.05, 0.1) is 58.9 Å². The Morgan fingerprint density at radius 3 is 1.87 bits per heavy atom. The van der Waals surface area contributed by atoms with Crippen molar-refractivity contribution in [1.82, 2.24) is 31.2 Å². The topological polar surface area (TPSA) is 184 Å². The number of nitrogens with one attached hydrogen (secondary N) is 4. The predicted molar refractivity (Wildman–Crippen MR) is 197 cm³/mol. The predicted octanol–water partition coefficient (Wildman–Crippen LogP) is 3.24. The van der Waals surface area contributed by atoms with Gasteiger partial charge in [-0.05, 0) is 82.8 Å². The maximum atomic E-state index is 13.0. The van der Waals surface area contributed by atoms with E-state index in [2.05, 4.69) is 41.2 Å². The quantitative estimate of drug-likeness (QED) is 0.214. The maximum Gasteiger partial charge on any atom is 0.253 e. The molecule has 2 aliphatic carbocycles. The summed E-state index contributed by atoms with van der Waals surface area (Å²) < 4.78 is 0. The Kier molecular flexibility index (Phi) is 9.05. The Labute approximate surface area is 309 Å². The Morgan fingerprint density at radius 1 is 0.769 bits per heavy atom. The van der Waals surface area contributed by atoms with Crippen LogP contribution >= 0.6 is 22.7 Å². The number of nitrogens with zero attached hydrogens (tertiary/aromatic N) is 4. The fraction of sp³-hybridized carbons (Fsp3) is 0.541. The Morgan fingerprint density at radius 2 is 1.33 bits per heavy atom. The molecule has 0 unspecified atom stereocenters. The van der Waals surface area contributed by atoms with E-state index in [1.165, 1.54) is 22.7 Å². The minimum atomic E-state index is -0.431. The number of aryl methyl sites for hydroxylation is 2. The number of thiazole rings is 2. The molecule has 6 heterocycles. The highest BCUT2D eigenvalue weighted by molar-refractivity contribution is 7.10. The smallest absolute Gasteiger partial charge is 0.253 e. The molecule has 0 bridgehead atoms. The first-order valence-corrected chi connectivity index (χ1v) is 20.0. The van der Waals surface area contributed by atoms with Crippen LogP contribution in [0.3, 0.4) is 0 Å². The molecule has 0 aromatic carbocycles. The third kappa shape index (κ3) is 6.92. The van der Waals surface area contributed by atoms with Crippen LogP contribution in [0.5, 0.6) is 0 Å². The maximum absolute atomic E-state index is 13.0. The molecule has 52 heavy (non-hydrogen) atoms. The standard InChI is InChI=1S/C37H42N8O5S2/c1-19-3-6-24(40-19)32-22(36(9-10-36)44-34(32)49)13-28(47)38-15-27(46)26-18-52-30(43-26)8-5-21-17-51-31(42-21)16-39-29(48)14-23-33(25-7-4-20(2)41-25)35(50)45-37(23)11-12-37/h17-20H,3-16H2,1-2H3,(H,38,47)(H,39,48)(H,44,49)(H,45,50)/t19-,20-/m0/s1. The van der Waals surface area contributed by atoms with Crippen LogP contribution < -0.4 is 21.3 Å². The lowest BCUT2D eigenvalue weighted by molar-refractivity contribution is -0.121. The molecular weight excluding hydrogens is 701 g/mol. The molecule has 2 fully saturated rings. The molecule has 4 N–H and O–H groups in total. The zero-order valence-corrected chi connectivity index (χ0v) is 31.0. The first-order valence-electron chi connectivity index (χ1n) is 18.2. The number of rotatable bonds is 14. The molecule has 0 radical (unpaired) electrons. The number of hydrogen-bond acceptors (Lipinski definition) is 11. The van der Waals surface area contributed by atoms with Crippen molar-refractivity contribution < 1.29 is 24.0 Å². The van der Waals surface area contributed by atoms with Crippen molar-refractivity contribution in [1.29, 1.82) is 0 Å². The summed E-state index contributed by atoms with van der Waals surface area (Å²) in [5.74, 6) is -0.949. The van der Waals surface area contributed by atoms with Gasteiger partial charge in [-0.15, -0.1) is 22.7 Å². The van der Waals surface area contributed by atoms with Crippen molar-refractivity contribution >= 4 is 63.5 Å². The van der Waals surface area contributed by atoms with Gasteiger partial charge in [0.2, 0.25) is 17.6 Å². The van der Waals surface area contributed by atoms with Gasteiger partial charge in [-0.25, -0.2) is 9.97 Å². The molecule has 272 valence electrons. The number of carbonyl (C=O) groups is 5. The van der Waals surface area contributed by atoms with E-state index < -0.39 is 5.54 Å². The van der Waals surface area contributed by atoms with Gasteiger partial charge < -0.3 is 21.3 Å². The second-order valence-corrected chi connectivity index (χ2v) is 16.8. The van der Waals surface area contributed by atoms with E-state index >= 15 is 0 Å². The number of ketones is 1. The van der Waals surface area contributed by atoms with Gasteiger partial charge in [0.15, 0.2) is 0 Å². The Balaban J connectivity index is 0.802. The molecule has 13 nitrogen and oxygen atoms in total. The summed E-state index contributed by atoms with van der Waals surface area (Å²) in [6, 6.07) is 0.368. The van der Waals surface area contributed by atoms with E-state index in [0.29, 0.717) is 36.2 Å². The lowest BCUT2D eigenvalue weighted by atomic mass is 9.95. The summed E-state index contributed by atoms with van der Waals surface area (Å²) in [4.78, 5) is 83.1. The third-order valence-electron chi connectivity index (χ3n) is 10.9. The third-order valence-corrected chi connectivity index (χ3v) is 12.7. The van der Waals surface area contributed by atoms with Crippen LogP contribution in [0.15, 0.2) is 43.0 Å².